The molecule has 5 N–H and O–H groups in total. The van der Waals surface area contributed by atoms with Gasteiger partial charge in [0.05, 0.1) is 32.1 Å². The number of carbonyl (C=O) groups is 5. The van der Waals surface area contributed by atoms with Gasteiger partial charge in [-0.2, -0.15) is 0 Å². The zero-order valence-corrected chi connectivity index (χ0v) is 23.9. The maximum absolute atomic E-state index is 12.3. The van der Waals surface area contributed by atoms with E-state index in [1.807, 2.05) is 6.26 Å². The maximum atomic E-state index is 12.3. The first-order chi connectivity index (χ1) is 19.5. The predicted molar refractivity (Wildman–Crippen MR) is 151 cm³/mol. The Morgan fingerprint density at radius 1 is 0.732 bits per heavy atom. The van der Waals surface area contributed by atoms with E-state index < -0.39 is 29.9 Å². The highest BCUT2D eigenvalue weighted by molar-refractivity contribution is 7.98. The zero-order chi connectivity index (χ0) is 30.4. The van der Waals surface area contributed by atoms with Crippen LogP contribution >= 0.6 is 11.8 Å². The Morgan fingerprint density at radius 3 is 1.68 bits per heavy atom. The fourth-order valence-electron chi connectivity index (χ4n) is 4.66. The van der Waals surface area contributed by atoms with Crippen LogP contribution in [0.5, 0.6) is 0 Å². The minimum atomic E-state index is -1.08. The third kappa shape index (κ3) is 13.3. The summed E-state index contributed by atoms with van der Waals surface area (Å²) in [5.41, 5.74) is 1.28. The fourth-order valence-corrected chi connectivity index (χ4v) is 4.94. The Balaban J connectivity index is 2.38. The Labute approximate surface area is 242 Å². The molecule has 1 saturated heterocycles. The van der Waals surface area contributed by atoms with Crippen molar-refractivity contribution in [3.05, 3.63) is 35.4 Å². The van der Waals surface area contributed by atoms with Gasteiger partial charge in [-0.25, -0.2) is 0 Å². The molecule has 0 saturated carbocycles. The number of carbonyl (C=O) groups excluding carboxylic acids is 1. The number of amides is 1. The molecule has 1 amide bonds. The lowest BCUT2D eigenvalue weighted by Gasteiger charge is -2.37. The Morgan fingerprint density at radius 2 is 1.20 bits per heavy atom. The number of nitrogens with one attached hydrogen (secondary N) is 1. The molecular formula is C26H39N5O9S. The summed E-state index contributed by atoms with van der Waals surface area (Å²) in [5.74, 6) is -4.01. The van der Waals surface area contributed by atoms with E-state index in [2.05, 4.69) is 5.32 Å². The lowest BCUT2D eigenvalue weighted by Crippen LogP contribution is -2.53. The maximum Gasteiger partial charge on any atom is 0.317 e. The molecule has 1 unspecified atom stereocenters. The first kappa shape index (κ1) is 34.0. The van der Waals surface area contributed by atoms with Crippen LogP contribution in [0.1, 0.15) is 15.9 Å². The third-order valence-electron chi connectivity index (χ3n) is 6.63. The summed E-state index contributed by atoms with van der Waals surface area (Å²) in [4.78, 5) is 65.4. The lowest BCUT2D eigenvalue weighted by atomic mass is 10.0. The molecule has 228 valence electrons. The summed E-state index contributed by atoms with van der Waals surface area (Å²) >= 11 is 1.48. The van der Waals surface area contributed by atoms with Crippen LogP contribution in [-0.4, -0.2) is 160 Å². The number of nitrogens with zero attached hydrogens (tertiary/aromatic N) is 4. The molecule has 0 radical (unpaired) electrons. The van der Waals surface area contributed by atoms with Crippen molar-refractivity contribution >= 4 is 41.5 Å². The molecule has 0 spiro atoms. The van der Waals surface area contributed by atoms with E-state index in [-0.39, 0.29) is 77.9 Å². The van der Waals surface area contributed by atoms with Crippen LogP contribution < -0.4 is 5.32 Å². The van der Waals surface area contributed by atoms with E-state index in [0.29, 0.717) is 17.9 Å². The van der Waals surface area contributed by atoms with Crippen molar-refractivity contribution in [1.29, 1.82) is 0 Å². The second kappa shape index (κ2) is 17.5. The van der Waals surface area contributed by atoms with Crippen molar-refractivity contribution < 1.29 is 44.4 Å². The molecule has 1 fully saturated rings. The van der Waals surface area contributed by atoms with Crippen molar-refractivity contribution in [3.63, 3.8) is 0 Å². The predicted octanol–water partition coefficient (Wildman–Crippen LogP) is -0.792. The van der Waals surface area contributed by atoms with Gasteiger partial charge in [0.2, 0.25) is 0 Å². The van der Waals surface area contributed by atoms with Gasteiger partial charge in [0.15, 0.2) is 0 Å². The van der Waals surface area contributed by atoms with Gasteiger partial charge in [0, 0.05) is 57.4 Å². The van der Waals surface area contributed by atoms with Crippen LogP contribution in [-0.2, 0) is 25.6 Å². The quantitative estimate of drug-likeness (QED) is 0.178. The molecule has 1 aromatic rings. The molecule has 0 aromatic heterocycles. The number of thioether (sulfide) groups is 1. The molecular weight excluding hydrogens is 558 g/mol. The Bertz CT molecular complexity index is 1040. The summed E-state index contributed by atoms with van der Waals surface area (Å²) in [6.45, 7) is 0.273. The molecule has 41 heavy (non-hydrogen) atoms. The minimum absolute atomic E-state index is 0.176. The van der Waals surface area contributed by atoms with Gasteiger partial charge in [0.1, 0.15) is 0 Å². The number of aliphatic carboxylic acids is 4. The first-order valence-electron chi connectivity index (χ1n) is 13.1. The van der Waals surface area contributed by atoms with Crippen molar-refractivity contribution in [3.8, 4) is 0 Å². The monoisotopic (exact) mass is 597 g/mol. The number of rotatable bonds is 13. The molecule has 15 heteroatoms. The highest BCUT2D eigenvalue weighted by Gasteiger charge is 2.27. The van der Waals surface area contributed by atoms with Gasteiger partial charge >= 0.3 is 23.9 Å². The average molecular weight is 598 g/mol. The molecule has 1 aliphatic rings. The van der Waals surface area contributed by atoms with E-state index in [4.69, 9.17) is 0 Å². The number of hydrogen-bond donors (Lipinski definition) is 5. The number of benzene rings is 1. The highest BCUT2D eigenvalue weighted by Crippen LogP contribution is 2.14. The second-order valence-electron chi connectivity index (χ2n) is 9.83. The molecule has 0 aliphatic carbocycles. The van der Waals surface area contributed by atoms with Gasteiger partial charge in [-0.05, 0) is 30.4 Å². The van der Waals surface area contributed by atoms with Crippen molar-refractivity contribution in [1.82, 2.24) is 24.9 Å². The van der Waals surface area contributed by atoms with Crippen molar-refractivity contribution in [2.45, 2.75) is 12.5 Å². The summed E-state index contributed by atoms with van der Waals surface area (Å²) < 4.78 is 0. The Kier molecular flexibility index (Phi) is 14.5. The highest BCUT2D eigenvalue weighted by atomic mass is 32.2. The molecule has 1 atom stereocenters. The normalized spacial score (nSPS) is 18.6. The van der Waals surface area contributed by atoms with Crippen molar-refractivity contribution in [2.24, 2.45) is 0 Å². The molecule has 0 bridgehead atoms. The van der Waals surface area contributed by atoms with Crippen LogP contribution in [0.4, 0.5) is 0 Å². The van der Waals surface area contributed by atoms with Crippen LogP contribution in [0, 0.1) is 0 Å². The van der Waals surface area contributed by atoms with E-state index in [1.165, 1.54) is 11.8 Å². The smallest absolute Gasteiger partial charge is 0.317 e. The fraction of sp³-hybridized carbons (Fsp3) is 0.577. The van der Waals surface area contributed by atoms with E-state index >= 15 is 0 Å². The zero-order valence-electron chi connectivity index (χ0n) is 23.1. The van der Waals surface area contributed by atoms with Crippen LogP contribution in [0.25, 0.3) is 0 Å². The van der Waals surface area contributed by atoms with Gasteiger partial charge < -0.3 is 25.7 Å². The molecule has 1 heterocycles. The van der Waals surface area contributed by atoms with Crippen LogP contribution in [0.3, 0.4) is 0 Å². The summed E-state index contributed by atoms with van der Waals surface area (Å²) in [5, 5.41) is 40.8. The summed E-state index contributed by atoms with van der Waals surface area (Å²) in [6.07, 6.45) is 2.21. The number of carboxylic acids is 4. The lowest BCUT2D eigenvalue weighted by molar-refractivity contribution is -0.142. The summed E-state index contributed by atoms with van der Waals surface area (Å²) in [6, 6.07) is 6.43. The number of carboxylic acid groups (broad SMARTS) is 4. The average Bonchev–Trinajstić information content (AvgIpc) is 2.89. The first-order valence-corrected chi connectivity index (χ1v) is 14.5. The van der Waals surface area contributed by atoms with E-state index in [0.717, 1.165) is 5.56 Å². The van der Waals surface area contributed by atoms with E-state index in [1.54, 1.807) is 43.9 Å². The largest absolute Gasteiger partial charge is 0.480 e. The van der Waals surface area contributed by atoms with E-state index in [9.17, 15) is 44.4 Å². The van der Waals surface area contributed by atoms with Crippen LogP contribution in [0.2, 0.25) is 0 Å². The van der Waals surface area contributed by atoms with Crippen LogP contribution in [0.15, 0.2) is 24.3 Å². The van der Waals surface area contributed by atoms with Gasteiger partial charge in [-0.3, -0.25) is 43.6 Å². The van der Waals surface area contributed by atoms with Crippen molar-refractivity contribution in [2.75, 3.05) is 84.1 Å². The molecule has 1 aromatic carbocycles. The number of hydrogen-bond acceptors (Lipinski definition) is 10. The summed E-state index contributed by atoms with van der Waals surface area (Å²) in [7, 11) is 0. The van der Waals surface area contributed by atoms with Gasteiger partial charge in [-0.1, -0.05) is 12.1 Å². The molecule has 14 nitrogen and oxygen atoms in total. The topological polar surface area (TPSA) is 191 Å². The van der Waals surface area contributed by atoms with Gasteiger partial charge in [-0.15, -0.1) is 11.8 Å². The molecule has 1 aliphatic heterocycles. The minimum Gasteiger partial charge on any atom is -0.480 e. The standard InChI is InChI=1S/C26H39N5O9S/c1-41-18-27-26(40)20-4-2-19(3-5-20)12-21-13-30(16-24(36)37)9-8-28(14-22(32)33)6-7-29(15-23(34)35)10-11-31(21)17-25(38)39/h2-5,21H,6-18H2,1H3,(H,27,40)(H,32,33)(H,34,35)(H,36,37)(H,38,39). The van der Waals surface area contributed by atoms with Gasteiger partial charge in [0.25, 0.3) is 5.91 Å². The molecule has 2 rings (SSSR count). The Hall–Kier alpha value is -3.24. The third-order valence-corrected chi connectivity index (χ3v) is 7.07. The second-order valence-corrected chi connectivity index (χ2v) is 10.7. The SMILES string of the molecule is CSCNC(=O)c1ccc(CC2CN(CC(=O)O)CCN(CC(=O)O)CCN(CC(=O)O)CCN2CC(=O)O)cc1.